The molecule has 2 aromatic rings. The van der Waals surface area contributed by atoms with E-state index >= 15 is 0 Å². The standard InChI is InChI=1S/C15H17Cl2N3O/c1-3-4-13(10-5-6-11(16)12(17)9-10)19-15(21)14-7-8-18-20(14)2/h5-9,13H,3-4H2,1-2H3,(H,19,21). The number of carbonyl (C=O) groups excluding carboxylic acids is 1. The molecule has 0 aliphatic rings. The summed E-state index contributed by atoms with van der Waals surface area (Å²) in [6.07, 6.45) is 3.36. The number of rotatable bonds is 5. The van der Waals surface area contributed by atoms with Crippen molar-refractivity contribution in [2.75, 3.05) is 0 Å². The molecule has 6 heteroatoms. The molecule has 0 aliphatic heterocycles. The summed E-state index contributed by atoms with van der Waals surface area (Å²) in [5.74, 6) is -0.153. The van der Waals surface area contributed by atoms with Crippen LogP contribution in [0.3, 0.4) is 0 Å². The van der Waals surface area contributed by atoms with Gasteiger partial charge in [-0.2, -0.15) is 5.10 Å². The fourth-order valence-electron chi connectivity index (χ4n) is 2.17. The second kappa shape index (κ2) is 6.96. The summed E-state index contributed by atoms with van der Waals surface area (Å²) in [6, 6.07) is 7.02. The lowest BCUT2D eigenvalue weighted by Crippen LogP contribution is -2.30. The molecule has 1 amide bonds. The van der Waals surface area contributed by atoms with Gasteiger partial charge in [0.05, 0.1) is 16.1 Å². The lowest BCUT2D eigenvalue weighted by Gasteiger charge is -2.19. The van der Waals surface area contributed by atoms with Crippen molar-refractivity contribution in [2.24, 2.45) is 7.05 Å². The number of aryl methyl sites for hydroxylation is 1. The maximum absolute atomic E-state index is 12.3. The van der Waals surface area contributed by atoms with Crippen LogP contribution in [0.4, 0.5) is 0 Å². The fourth-order valence-corrected chi connectivity index (χ4v) is 2.48. The van der Waals surface area contributed by atoms with Crippen LogP contribution >= 0.6 is 23.2 Å². The molecule has 0 radical (unpaired) electrons. The lowest BCUT2D eigenvalue weighted by atomic mass is 10.0. The maximum Gasteiger partial charge on any atom is 0.270 e. The first-order valence-corrected chi connectivity index (χ1v) is 7.52. The Morgan fingerprint density at radius 2 is 2.10 bits per heavy atom. The summed E-state index contributed by atoms with van der Waals surface area (Å²) in [4.78, 5) is 12.3. The first kappa shape index (κ1) is 15.9. The molecule has 21 heavy (non-hydrogen) atoms. The van der Waals surface area contributed by atoms with Crippen LogP contribution in [-0.2, 0) is 7.05 Å². The first-order chi connectivity index (χ1) is 10.0. The third kappa shape index (κ3) is 3.77. The van der Waals surface area contributed by atoms with Crippen molar-refractivity contribution >= 4 is 29.1 Å². The average molecular weight is 326 g/mol. The Labute approximate surface area is 134 Å². The summed E-state index contributed by atoms with van der Waals surface area (Å²) in [7, 11) is 1.74. The van der Waals surface area contributed by atoms with Crippen LogP contribution in [0.25, 0.3) is 0 Å². The topological polar surface area (TPSA) is 46.9 Å². The molecule has 2 rings (SSSR count). The molecule has 1 heterocycles. The van der Waals surface area contributed by atoms with Gasteiger partial charge in [0.2, 0.25) is 0 Å². The molecule has 0 aliphatic carbocycles. The minimum absolute atomic E-state index is 0.104. The van der Waals surface area contributed by atoms with Gasteiger partial charge in [-0.25, -0.2) is 0 Å². The normalized spacial score (nSPS) is 12.2. The zero-order chi connectivity index (χ0) is 15.4. The number of benzene rings is 1. The smallest absolute Gasteiger partial charge is 0.270 e. The molecule has 1 unspecified atom stereocenters. The number of hydrogen-bond donors (Lipinski definition) is 1. The molecular weight excluding hydrogens is 309 g/mol. The lowest BCUT2D eigenvalue weighted by molar-refractivity contribution is 0.0925. The van der Waals surface area contributed by atoms with Gasteiger partial charge in [0.15, 0.2) is 0 Å². The highest BCUT2D eigenvalue weighted by Crippen LogP contribution is 2.27. The monoisotopic (exact) mass is 325 g/mol. The highest BCUT2D eigenvalue weighted by Gasteiger charge is 2.17. The van der Waals surface area contributed by atoms with E-state index < -0.39 is 0 Å². The van der Waals surface area contributed by atoms with E-state index in [1.54, 1.807) is 36.1 Å². The minimum atomic E-state index is -0.153. The molecular formula is C15H17Cl2N3O. The molecule has 1 N–H and O–H groups in total. The van der Waals surface area contributed by atoms with Crippen LogP contribution in [0.5, 0.6) is 0 Å². The van der Waals surface area contributed by atoms with E-state index in [2.05, 4.69) is 17.3 Å². The van der Waals surface area contributed by atoms with E-state index in [4.69, 9.17) is 23.2 Å². The van der Waals surface area contributed by atoms with Crippen molar-refractivity contribution in [1.82, 2.24) is 15.1 Å². The number of hydrogen-bond acceptors (Lipinski definition) is 2. The minimum Gasteiger partial charge on any atom is -0.344 e. The van der Waals surface area contributed by atoms with Gasteiger partial charge in [0.1, 0.15) is 5.69 Å². The largest absolute Gasteiger partial charge is 0.344 e. The third-order valence-electron chi connectivity index (χ3n) is 3.28. The molecule has 0 bridgehead atoms. The van der Waals surface area contributed by atoms with Gasteiger partial charge < -0.3 is 5.32 Å². The van der Waals surface area contributed by atoms with E-state index in [9.17, 15) is 4.79 Å². The van der Waals surface area contributed by atoms with Crippen molar-refractivity contribution < 1.29 is 4.79 Å². The Kier molecular flexibility index (Phi) is 5.26. The van der Waals surface area contributed by atoms with E-state index in [1.807, 2.05) is 6.07 Å². The van der Waals surface area contributed by atoms with Crippen LogP contribution in [0.2, 0.25) is 10.0 Å². The second-order valence-electron chi connectivity index (χ2n) is 4.83. The van der Waals surface area contributed by atoms with Crippen molar-refractivity contribution in [3.05, 3.63) is 51.8 Å². The third-order valence-corrected chi connectivity index (χ3v) is 4.02. The van der Waals surface area contributed by atoms with E-state index in [-0.39, 0.29) is 11.9 Å². The molecule has 1 aromatic carbocycles. The molecule has 112 valence electrons. The predicted octanol–water partition coefficient (Wildman–Crippen LogP) is 4.00. The number of nitrogens with zero attached hydrogens (tertiary/aromatic N) is 2. The number of carbonyl (C=O) groups is 1. The van der Waals surface area contributed by atoms with Gasteiger partial charge in [-0.3, -0.25) is 9.48 Å². The Bertz CT molecular complexity index is 640. The van der Waals surface area contributed by atoms with Gasteiger partial charge in [0.25, 0.3) is 5.91 Å². The van der Waals surface area contributed by atoms with Crippen LogP contribution < -0.4 is 5.32 Å². The van der Waals surface area contributed by atoms with Crippen molar-refractivity contribution in [3.8, 4) is 0 Å². The van der Waals surface area contributed by atoms with Crippen LogP contribution in [0.15, 0.2) is 30.5 Å². The SMILES string of the molecule is CCCC(NC(=O)c1ccnn1C)c1ccc(Cl)c(Cl)c1. The van der Waals surface area contributed by atoms with Crippen molar-refractivity contribution in [2.45, 2.75) is 25.8 Å². The highest BCUT2D eigenvalue weighted by atomic mass is 35.5. The van der Waals surface area contributed by atoms with Crippen LogP contribution in [-0.4, -0.2) is 15.7 Å². The summed E-state index contributed by atoms with van der Waals surface area (Å²) in [6.45, 7) is 2.07. The Hall–Kier alpha value is -1.52. The second-order valence-corrected chi connectivity index (χ2v) is 5.64. The molecule has 4 nitrogen and oxygen atoms in total. The van der Waals surface area contributed by atoms with Gasteiger partial charge in [-0.1, -0.05) is 42.6 Å². The molecule has 0 spiro atoms. The Morgan fingerprint density at radius 1 is 1.33 bits per heavy atom. The summed E-state index contributed by atoms with van der Waals surface area (Å²) in [5.41, 5.74) is 1.47. The average Bonchev–Trinajstić information content (AvgIpc) is 2.87. The van der Waals surface area contributed by atoms with Crippen molar-refractivity contribution in [3.63, 3.8) is 0 Å². The molecule has 0 saturated carbocycles. The quantitative estimate of drug-likeness (QED) is 0.903. The van der Waals surface area contributed by atoms with Gasteiger partial charge >= 0.3 is 0 Å². The summed E-state index contributed by atoms with van der Waals surface area (Å²) >= 11 is 12.0. The van der Waals surface area contributed by atoms with E-state index in [1.165, 1.54) is 0 Å². The zero-order valence-electron chi connectivity index (χ0n) is 11.9. The van der Waals surface area contributed by atoms with E-state index in [0.29, 0.717) is 15.7 Å². The molecule has 0 fully saturated rings. The molecule has 1 atom stereocenters. The number of nitrogens with one attached hydrogen (secondary N) is 1. The Balaban J connectivity index is 2.21. The van der Waals surface area contributed by atoms with Crippen LogP contribution in [0.1, 0.15) is 41.9 Å². The van der Waals surface area contributed by atoms with Gasteiger partial charge in [0, 0.05) is 13.2 Å². The van der Waals surface area contributed by atoms with Crippen molar-refractivity contribution in [1.29, 1.82) is 0 Å². The first-order valence-electron chi connectivity index (χ1n) is 6.76. The molecule has 0 saturated heterocycles. The fraction of sp³-hybridized carbons (Fsp3) is 0.333. The van der Waals surface area contributed by atoms with Crippen LogP contribution in [0, 0.1) is 0 Å². The maximum atomic E-state index is 12.3. The number of amides is 1. The molecule has 1 aromatic heterocycles. The van der Waals surface area contributed by atoms with Gasteiger partial charge in [-0.05, 0) is 30.2 Å². The number of aromatic nitrogens is 2. The summed E-state index contributed by atoms with van der Waals surface area (Å²) < 4.78 is 1.55. The zero-order valence-corrected chi connectivity index (χ0v) is 13.4. The summed E-state index contributed by atoms with van der Waals surface area (Å²) in [5, 5.41) is 8.03. The highest BCUT2D eigenvalue weighted by molar-refractivity contribution is 6.42. The van der Waals surface area contributed by atoms with E-state index in [0.717, 1.165) is 18.4 Å². The van der Waals surface area contributed by atoms with Gasteiger partial charge in [-0.15, -0.1) is 0 Å². The number of halogens is 2. The predicted molar refractivity (Wildman–Crippen MR) is 84.8 cm³/mol. The Morgan fingerprint density at radius 3 is 2.67 bits per heavy atom.